The largest absolute Gasteiger partial charge is 0.461 e. The molecule has 1 aliphatic carbocycles. The second kappa shape index (κ2) is 5.84. The maximum Gasteiger partial charge on any atom is 0.248 e. The van der Waals surface area contributed by atoms with Gasteiger partial charge in [-0.15, -0.1) is 0 Å². The van der Waals surface area contributed by atoms with Crippen molar-refractivity contribution >= 4 is 17.7 Å². The van der Waals surface area contributed by atoms with Gasteiger partial charge >= 0.3 is 0 Å². The van der Waals surface area contributed by atoms with Gasteiger partial charge < -0.3 is 9.73 Å². The Kier molecular flexibility index (Phi) is 3.88. The topological polar surface area (TPSA) is 42.2 Å². The monoisotopic (exact) mass is 295 g/mol. The Morgan fingerprint density at radius 2 is 2.05 bits per heavy atom. The normalized spacial score (nSPS) is 20.3. The average molecular weight is 295 g/mol. The highest BCUT2D eigenvalue weighted by Crippen LogP contribution is 2.47. The Hall–Kier alpha value is -2.29. The number of nitrogens with one attached hydrogen (secondary N) is 1. The van der Waals surface area contributed by atoms with Gasteiger partial charge in [0.25, 0.3) is 0 Å². The highest BCUT2D eigenvalue weighted by atomic mass is 16.3. The number of hydrogen-bond donors (Lipinski definition) is 1. The third-order valence-corrected chi connectivity index (χ3v) is 4.17. The molecule has 1 saturated carbocycles. The lowest BCUT2D eigenvalue weighted by Gasteiger charge is -2.07. The van der Waals surface area contributed by atoms with Crippen molar-refractivity contribution < 1.29 is 9.21 Å². The average Bonchev–Trinajstić information content (AvgIpc) is 3.02. The van der Waals surface area contributed by atoms with Gasteiger partial charge in [-0.1, -0.05) is 19.1 Å². The molecule has 22 heavy (non-hydrogen) atoms. The first kappa shape index (κ1) is 14.6. The molecule has 2 unspecified atom stereocenters. The molecule has 1 aromatic heterocycles. The third kappa shape index (κ3) is 3.30. The van der Waals surface area contributed by atoms with Crippen LogP contribution in [0.25, 0.3) is 6.08 Å². The minimum absolute atomic E-state index is 0.147. The van der Waals surface area contributed by atoms with Gasteiger partial charge in [0.1, 0.15) is 11.5 Å². The van der Waals surface area contributed by atoms with Crippen LogP contribution < -0.4 is 5.32 Å². The molecule has 1 amide bonds. The Morgan fingerprint density at radius 3 is 2.77 bits per heavy atom. The summed E-state index contributed by atoms with van der Waals surface area (Å²) in [6.45, 7) is 6.21. The van der Waals surface area contributed by atoms with Crippen molar-refractivity contribution in [3.05, 3.63) is 59.1 Å². The van der Waals surface area contributed by atoms with Crippen molar-refractivity contribution in [1.29, 1.82) is 0 Å². The maximum absolute atomic E-state index is 12.0. The van der Waals surface area contributed by atoms with E-state index in [0.29, 0.717) is 5.92 Å². The molecule has 1 heterocycles. The highest BCUT2D eigenvalue weighted by molar-refractivity contribution is 6.02. The molecule has 0 bridgehead atoms. The zero-order valence-electron chi connectivity index (χ0n) is 13.2. The van der Waals surface area contributed by atoms with E-state index in [1.165, 1.54) is 12.5 Å². The number of furan rings is 1. The van der Waals surface area contributed by atoms with Crippen molar-refractivity contribution in [3.63, 3.8) is 0 Å². The Balaban J connectivity index is 1.63. The summed E-state index contributed by atoms with van der Waals surface area (Å²) in [7, 11) is 0. The summed E-state index contributed by atoms with van der Waals surface area (Å²) >= 11 is 0. The van der Waals surface area contributed by atoms with Crippen LogP contribution in [0.2, 0.25) is 0 Å². The molecule has 3 nitrogen and oxygen atoms in total. The van der Waals surface area contributed by atoms with Crippen LogP contribution in [-0.4, -0.2) is 5.91 Å². The van der Waals surface area contributed by atoms with Crippen LogP contribution in [-0.2, 0) is 4.79 Å². The number of benzene rings is 1. The number of rotatable bonds is 4. The molecule has 114 valence electrons. The lowest BCUT2D eigenvalue weighted by Crippen LogP contribution is -2.09. The van der Waals surface area contributed by atoms with Crippen molar-refractivity contribution in [2.45, 2.75) is 33.1 Å². The van der Waals surface area contributed by atoms with E-state index in [2.05, 4.69) is 12.2 Å². The fourth-order valence-electron chi connectivity index (χ4n) is 2.58. The predicted octanol–water partition coefficient (Wildman–Crippen LogP) is 4.67. The van der Waals surface area contributed by atoms with E-state index in [1.807, 2.05) is 44.2 Å². The van der Waals surface area contributed by atoms with Crippen molar-refractivity contribution in [2.24, 2.45) is 5.92 Å². The molecule has 2 atom stereocenters. The quantitative estimate of drug-likeness (QED) is 0.833. The summed E-state index contributed by atoms with van der Waals surface area (Å²) < 4.78 is 5.75. The van der Waals surface area contributed by atoms with Gasteiger partial charge in [-0.2, -0.15) is 0 Å². The van der Waals surface area contributed by atoms with E-state index < -0.39 is 0 Å². The van der Waals surface area contributed by atoms with E-state index >= 15 is 0 Å². The molecular weight excluding hydrogens is 274 g/mol. The van der Waals surface area contributed by atoms with E-state index in [0.717, 1.165) is 34.3 Å². The fourth-order valence-corrected chi connectivity index (χ4v) is 2.58. The first-order chi connectivity index (χ1) is 10.5. The van der Waals surface area contributed by atoms with Gasteiger partial charge in [0, 0.05) is 17.7 Å². The van der Waals surface area contributed by atoms with Crippen molar-refractivity contribution in [1.82, 2.24) is 0 Å². The summed E-state index contributed by atoms with van der Waals surface area (Å²) in [6.07, 6.45) is 4.43. The van der Waals surface area contributed by atoms with Gasteiger partial charge in [-0.3, -0.25) is 4.79 Å². The van der Waals surface area contributed by atoms with Crippen LogP contribution in [0.5, 0.6) is 0 Å². The summed E-state index contributed by atoms with van der Waals surface area (Å²) in [4.78, 5) is 12.0. The SMILES string of the molecule is Cc1ccc(C)c(NC(=O)/C=C/c2ccc(C3CC3C)o2)c1. The number of aryl methyl sites for hydroxylation is 2. The molecule has 0 radical (unpaired) electrons. The Bertz CT molecular complexity index is 727. The summed E-state index contributed by atoms with van der Waals surface area (Å²) in [5, 5.41) is 2.90. The Labute approximate surface area is 131 Å². The number of amides is 1. The van der Waals surface area contributed by atoms with Crippen LogP contribution >= 0.6 is 0 Å². The molecule has 2 aromatic rings. The molecule has 0 saturated heterocycles. The van der Waals surface area contributed by atoms with Crippen molar-refractivity contribution in [3.8, 4) is 0 Å². The smallest absolute Gasteiger partial charge is 0.248 e. The van der Waals surface area contributed by atoms with E-state index in [-0.39, 0.29) is 5.91 Å². The first-order valence-corrected chi connectivity index (χ1v) is 7.69. The second-order valence-electron chi connectivity index (χ2n) is 6.20. The molecule has 1 N–H and O–H groups in total. The van der Waals surface area contributed by atoms with Crippen LogP contribution in [0.1, 0.15) is 41.9 Å². The number of hydrogen-bond acceptors (Lipinski definition) is 2. The van der Waals surface area contributed by atoms with Gasteiger partial charge in [-0.25, -0.2) is 0 Å². The zero-order chi connectivity index (χ0) is 15.7. The lowest BCUT2D eigenvalue weighted by molar-refractivity contribution is -0.111. The fraction of sp³-hybridized carbons (Fsp3) is 0.316. The molecule has 3 heteroatoms. The number of carbonyl (C=O) groups excluding carboxylic acids is 1. The number of carbonyl (C=O) groups is 1. The van der Waals surface area contributed by atoms with Crippen LogP contribution in [0, 0.1) is 19.8 Å². The van der Waals surface area contributed by atoms with Crippen LogP contribution in [0.3, 0.4) is 0 Å². The molecule has 1 fully saturated rings. The van der Waals surface area contributed by atoms with E-state index in [4.69, 9.17) is 4.42 Å². The minimum Gasteiger partial charge on any atom is -0.461 e. The molecule has 0 aliphatic heterocycles. The van der Waals surface area contributed by atoms with Gasteiger partial charge in [0.05, 0.1) is 0 Å². The maximum atomic E-state index is 12.0. The molecule has 0 spiro atoms. The summed E-state index contributed by atoms with van der Waals surface area (Å²) in [6, 6.07) is 9.94. The van der Waals surface area contributed by atoms with Crippen molar-refractivity contribution in [2.75, 3.05) is 5.32 Å². The highest BCUT2D eigenvalue weighted by Gasteiger charge is 2.36. The molecule has 3 rings (SSSR count). The standard InChI is InChI=1S/C19H21NO2/c1-12-4-5-13(2)17(10-12)20-19(21)9-7-15-6-8-18(22-15)16-11-14(16)3/h4-10,14,16H,11H2,1-3H3,(H,20,21)/b9-7+. The predicted molar refractivity (Wildman–Crippen MR) is 88.8 cm³/mol. The van der Waals surface area contributed by atoms with Gasteiger partial charge in [0.15, 0.2) is 0 Å². The zero-order valence-corrected chi connectivity index (χ0v) is 13.2. The summed E-state index contributed by atoms with van der Waals surface area (Å²) in [5.74, 6) is 2.89. The van der Waals surface area contributed by atoms with Gasteiger partial charge in [-0.05, 0) is 61.6 Å². The van der Waals surface area contributed by atoms with Crippen LogP contribution in [0.4, 0.5) is 5.69 Å². The third-order valence-electron chi connectivity index (χ3n) is 4.17. The first-order valence-electron chi connectivity index (χ1n) is 7.69. The minimum atomic E-state index is -0.147. The van der Waals surface area contributed by atoms with Crippen LogP contribution in [0.15, 0.2) is 40.8 Å². The molecule has 1 aromatic carbocycles. The number of anilines is 1. The van der Waals surface area contributed by atoms with E-state index in [1.54, 1.807) is 6.08 Å². The second-order valence-corrected chi connectivity index (χ2v) is 6.20. The molecule has 1 aliphatic rings. The Morgan fingerprint density at radius 1 is 1.27 bits per heavy atom. The lowest BCUT2D eigenvalue weighted by atomic mass is 10.1. The summed E-state index contributed by atoms with van der Waals surface area (Å²) in [5.41, 5.74) is 3.02. The van der Waals surface area contributed by atoms with Gasteiger partial charge in [0.2, 0.25) is 5.91 Å². The van der Waals surface area contributed by atoms with E-state index in [9.17, 15) is 4.79 Å². The molecular formula is C19H21NO2.